The third kappa shape index (κ3) is 2.15. The van der Waals surface area contributed by atoms with Crippen LogP contribution in [0.2, 0.25) is 0 Å². The van der Waals surface area contributed by atoms with Gasteiger partial charge in [0.05, 0.1) is 12.7 Å². The van der Waals surface area contributed by atoms with Gasteiger partial charge < -0.3 is 15.0 Å². The van der Waals surface area contributed by atoms with Crippen molar-refractivity contribution in [1.29, 1.82) is 0 Å². The molecule has 2 aliphatic heterocycles. The molecule has 0 aromatic carbocycles. The van der Waals surface area contributed by atoms with Crippen LogP contribution in [0, 0.1) is 0 Å². The smallest absolute Gasteiger partial charge is 0.341 e. The lowest BCUT2D eigenvalue weighted by Crippen LogP contribution is -2.27. The maximum atomic E-state index is 12.2. The first-order valence-corrected chi connectivity index (χ1v) is 7.74. The van der Waals surface area contributed by atoms with Gasteiger partial charge in [-0.1, -0.05) is 0 Å². The largest absolute Gasteiger partial charge is 0.465 e. The van der Waals surface area contributed by atoms with Gasteiger partial charge in [0.15, 0.2) is 0 Å². The van der Waals surface area contributed by atoms with Crippen molar-refractivity contribution in [3.63, 3.8) is 0 Å². The molecule has 1 aromatic heterocycles. The van der Waals surface area contributed by atoms with E-state index in [1.54, 1.807) is 11.3 Å². The summed E-state index contributed by atoms with van der Waals surface area (Å²) in [4.78, 5) is 15.9. The first-order chi connectivity index (χ1) is 9.22. The van der Waals surface area contributed by atoms with Gasteiger partial charge in [-0.2, -0.15) is 0 Å². The third-order valence-corrected chi connectivity index (χ3v) is 5.38. The standard InChI is InChI=1S/C14H20N2O2S/c1-9-4-3-7-16(9)13-12(14(17)18-2)10-5-6-15-8-11(10)19-13/h9,15H,3-8H2,1-2H3. The van der Waals surface area contributed by atoms with Crippen LogP contribution in [-0.4, -0.2) is 32.2 Å². The fourth-order valence-corrected chi connectivity index (χ4v) is 4.50. The number of ether oxygens (including phenoxy) is 1. The molecule has 0 spiro atoms. The molecule has 0 amide bonds. The van der Waals surface area contributed by atoms with Crippen molar-refractivity contribution in [3.8, 4) is 0 Å². The molecule has 1 aromatic rings. The first kappa shape index (κ1) is 12.9. The normalized spacial score (nSPS) is 22.4. The van der Waals surface area contributed by atoms with Gasteiger partial charge in [-0.05, 0) is 38.3 Å². The van der Waals surface area contributed by atoms with E-state index in [4.69, 9.17) is 4.74 Å². The summed E-state index contributed by atoms with van der Waals surface area (Å²) in [6.07, 6.45) is 3.35. The number of esters is 1. The highest BCUT2D eigenvalue weighted by Crippen LogP contribution is 2.41. The second-order valence-corrected chi connectivity index (χ2v) is 6.37. The molecular formula is C14H20N2O2S. The number of anilines is 1. The van der Waals surface area contributed by atoms with Crippen LogP contribution in [0.1, 0.15) is 40.6 Å². The van der Waals surface area contributed by atoms with Crippen LogP contribution in [0.3, 0.4) is 0 Å². The number of carbonyl (C=O) groups excluding carboxylic acids is 1. The number of rotatable bonds is 2. The summed E-state index contributed by atoms with van der Waals surface area (Å²) in [5.41, 5.74) is 2.04. The van der Waals surface area contributed by atoms with E-state index in [-0.39, 0.29) is 5.97 Å². The first-order valence-electron chi connectivity index (χ1n) is 6.92. The summed E-state index contributed by atoms with van der Waals surface area (Å²) in [5.74, 6) is -0.173. The van der Waals surface area contributed by atoms with Crippen molar-refractivity contribution in [2.75, 3.05) is 25.1 Å². The van der Waals surface area contributed by atoms with Crippen molar-refractivity contribution in [1.82, 2.24) is 5.32 Å². The fraction of sp³-hybridized carbons (Fsp3) is 0.643. The highest BCUT2D eigenvalue weighted by Gasteiger charge is 2.32. The van der Waals surface area contributed by atoms with Crippen molar-refractivity contribution in [2.24, 2.45) is 0 Å². The van der Waals surface area contributed by atoms with E-state index in [2.05, 4.69) is 17.1 Å². The number of thiophene rings is 1. The van der Waals surface area contributed by atoms with E-state index < -0.39 is 0 Å². The minimum Gasteiger partial charge on any atom is -0.465 e. The molecule has 19 heavy (non-hydrogen) atoms. The third-order valence-electron chi connectivity index (χ3n) is 4.11. The number of hydrogen-bond acceptors (Lipinski definition) is 5. The quantitative estimate of drug-likeness (QED) is 0.843. The summed E-state index contributed by atoms with van der Waals surface area (Å²) in [6.45, 7) is 5.12. The summed E-state index contributed by atoms with van der Waals surface area (Å²) in [5, 5.41) is 4.51. The molecule has 1 N–H and O–H groups in total. The van der Waals surface area contributed by atoms with Crippen molar-refractivity contribution in [2.45, 2.75) is 38.8 Å². The van der Waals surface area contributed by atoms with Crippen molar-refractivity contribution < 1.29 is 9.53 Å². The van der Waals surface area contributed by atoms with Gasteiger partial charge in [0.1, 0.15) is 5.00 Å². The molecular weight excluding hydrogens is 260 g/mol. The summed E-state index contributed by atoms with van der Waals surface area (Å²) in [7, 11) is 1.48. The zero-order valence-corrected chi connectivity index (χ0v) is 12.3. The molecule has 0 saturated carbocycles. The summed E-state index contributed by atoms with van der Waals surface area (Å²) < 4.78 is 5.02. The Morgan fingerprint density at radius 2 is 2.37 bits per heavy atom. The minimum absolute atomic E-state index is 0.173. The molecule has 0 radical (unpaired) electrons. The SMILES string of the molecule is COC(=O)c1c(N2CCCC2C)sc2c1CCNC2. The van der Waals surface area contributed by atoms with Crippen LogP contribution >= 0.6 is 11.3 Å². The van der Waals surface area contributed by atoms with Crippen LogP contribution < -0.4 is 10.2 Å². The zero-order valence-electron chi connectivity index (χ0n) is 11.5. The second-order valence-electron chi connectivity index (χ2n) is 5.29. The molecule has 1 fully saturated rings. The highest BCUT2D eigenvalue weighted by molar-refractivity contribution is 7.16. The van der Waals surface area contributed by atoms with Crippen LogP contribution in [0.5, 0.6) is 0 Å². The van der Waals surface area contributed by atoms with E-state index in [0.717, 1.165) is 36.6 Å². The lowest BCUT2D eigenvalue weighted by atomic mass is 10.0. The molecule has 1 unspecified atom stereocenters. The number of fused-ring (bicyclic) bond motifs is 1. The number of carbonyl (C=O) groups is 1. The van der Waals surface area contributed by atoms with Gasteiger partial charge in [0.2, 0.25) is 0 Å². The van der Waals surface area contributed by atoms with E-state index >= 15 is 0 Å². The maximum Gasteiger partial charge on any atom is 0.341 e. The molecule has 5 heteroatoms. The van der Waals surface area contributed by atoms with E-state index in [1.165, 1.54) is 30.4 Å². The number of nitrogens with one attached hydrogen (secondary N) is 1. The lowest BCUT2D eigenvalue weighted by molar-refractivity contribution is 0.0600. The predicted octanol–water partition coefficient (Wildman–Crippen LogP) is 2.17. The van der Waals surface area contributed by atoms with E-state index in [0.29, 0.717) is 6.04 Å². The Bertz CT molecular complexity index is 498. The van der Waals surface area contributed by atoms with Crippen molar-refractivity contribution >= 4 is 22.3 Å². The Morgan fingerprint density at radius 1 is 1.53 bits per heavy atom. The fourth-order valence-electron chi connectivity index (χ4n) is 3.07. The monoisotopic (exact) mass is 280 g/mol. The molecule has 0 aliphatic carbocycles. The minimum atomic E-state index is -0.173. The van der Waals surface area contributed by atoms with E-state index in [1.807, 2.05) is 0 Å². The summed E-state index contributed by atoms with van der Waals surface area (Å²) >= 11 is 1.77. The zero-order chi connectivity index (χ0) is 13.4. The average Bonchev–Trinajstić information content (AvgIpc) is 3.00. The lowest BCUT2D eigenvalue weighted by Gasteiger charge is -2.23. The molecule has 104 valence electrons. The van der Waals surface area contributed by atoms with Crippen LogP contribution in [-0.2, 0) is 17.7 Å². The number of nitrogens with zero attached hydrogens (tertiary/aromatic N) is 1. The number of methoxy groups -OCH3 is 1. The Balaban J connectivity index is 2.07. The molecule has 4 nitrogen and oxygen atoms in total. The Hall–Kier alpha value is -1.07. The number of hydrogen-bond donors (Lipinski definition) is 1. The van der Waals surface area contributed by atoms with Crippen LogP contribution in [0.25, 0.3) is 0 Å². The van der Waals surface area contributed by atoms with Crippen LogP contribution in [0.4, 0.5) is 5.00 Å². The molecule has 3 rings (SSSR count). The second kappa shape index (κ2) is 5.13. The molecule has 0 bridgehead atoms. The molecule has 1 saturated heterocycles. The molecule has 3 heterocycles. The Labute approximate surface area is 117 Å². The molecule has 1 atom stereocenters. The Kier molecular flexibility index (Phi) is 3.50. The molecule has 2 aliphatic rings. The van der Waals surface area contributed by atoms with Crippen molar-refractivity contribution in [3.05, 3.63) is 16.0 Å². The average molecular weight is 280 g/mol. The van der Waals surface area contributed by atoms with Crippen LogP contribution in [0.15, 0.2) is 0 Å². The van der Waals surface area contributed by atoms with Gasteiger partial charge >= 0.3 is 5.97 Å². The van der Waals surface area contributed by atoms with Gasteiger partial charge in [0.25, 0.3) is 0 Å². The highest BCUT2D eigenvalue weighted by atomic mass is 32.1. The Morgan fingerprint density at radius 3 is 3.05 bits per heavy atom. The van der Waals surface area contributed by atoms with E-state index in [9.17, 15) is 4.79 Å². The maximum absolute atomic E-state index is 12.2. The summed E-state index contributed by atoms with van der Waals surface area (Å²) in [6, 6.07) is 0.525. The van der Waals surface area contributed by atoms with Gasteiger partial charge in [-0.15, -0.1) is 11.3 Å². The topological polar surface area (TPSA) is 41.6 Å². The van der Waals surface area contributed by atoms with Gasteiger partial charge in [-0.25, -0.2) is 4.79 Å². The predicted molar refractivity (Wildman–Crippen MR) is 77.1 cm³/mol. The van der Waals surface area contributed by atoms with Gasteiger partial charge in [-0.3, -0.25) is 0 Å². The van der Waals surface area contributed by atoms with Gasteiger partial charge in [0, 0.05) is 24.0 Å².